The lowest BCUT2D eigenvalue weighted by Crippen LogP contribution is -2.18. The third kappa shape index (κ3) is 4.81. The minimum atomic E-state index is -0.124. The minimum absolute atomic E-state index is 0.0832. The number of ketones is 1. The van der Waals surface area contributed by atoms with Crippen LogP contribution in [0.1, 0.15) is 62.7 Å². The van der Waals surface area contributed by atoms with E-state index in [0.29, 0.717) is 29.3 Å². The zero-order chi connectivity index (χ0) is 16.8. The molecule has 126 valence electrons. The maximum atomic E-state index is 12.5. The van der Waals surface area contributed by atoms with Crippen LogP contribution in [-0.4, -0.2) is 18.8 Å². The number of nitrogens with one attached hydrogen (secondary N) is 1. The van der Waals surface area contributed by atoms with Crippen LogP contribution < -0.4 is 10.1 Å². The molecular formula is C19H27NO3. The highest BCUT2D eigenvalue weighted by Crippen LogP contribution is 2.30. The summed E-state index contributed by atoms with van der Waals surface area (Å²) in [6.07, 6.45) is 6.66. The molecule has 0 radical (unpaired) electrons. The molecule has 4 nitrogen and oxygen atoms in total. The molecule has 1 aliphatic carbocycles. The molecule has 0 atom stereocenters. The summed E-state index contributed by atoms with van der Waals surface area (Å²) in [4.78, 5) is 24.5. The molecule has 23 heavy (non-hydrogen) atoms. The highest BCUT2D eigenvalue weighted by molar-refractivity contribution is 5.99. The van der Waals surface area contributed by atoms with Crippen molar-refractivity contribution >= 4 is 17.4 Å². The van der Waals surface area contributed by atoms with Crippen LogP contribution in [0.4, 0.5) is 5.69 Å². The van der Waals surface area contributed by atoms with Crippen molar-refractivity contribution in [1.82, 2.24) is 0 Å². The van der Waals surface area contributed by atoms with Crippen LogP contribution in [0.5, 0.6) is 5.75 Å². The van der Waals surface area contributed by atoms with Crippen LogP contribution in [-0.2, 0) is 4.79 Å². The summed E-state index contributed by atoms with van der Waals surface area (Å²) in [5.41, 5.74) is 1.22. The normalized spacial score (nSPS) is 15.5. The van der Waals surface area contributed by atoms with Gasteiger partial charge in [-0.15, -0.1) is 0 Å². The number of amides is 1. The molecule has 0 aliphatic heterocycles. The van der Waals surface area contributed by atoms with E-state index in [4.69, 9.17) is 4.74 Å². The summed E-state index contributed by atoms with van der Waals surface area (Å²) in [6.45, 7) is 3.67. The molecule has 1 aliphatic rings. The largest absolute Gasteiger partial charge is 0.495 e. The quantitative estimate of drug-likeness (QED) is 0.789. The maximum Gasteiger partial charge on any atom is 0.227 e. The lowest BCUT2D eigenvalue weighted by molar-refractivity contribution is -0.118. The Labute approximate surface area is 138 Å². The molecule has 1 aromatic rings. The van der Waals surface area contributed by atoms with Gasteiger partial charge in [-0.05, 0) is 24.1 Å². The number of ether oxygens (including phenoxy) is 1. The van der Waals surface area contributed by atoms with Crippen molar-refractivity contribution in [1.29, 1.82) is 0 Å². The smallest absolute Gasteiger partial charge is 0.227 e. The first kappa shape index (κ1) is 17.5. The zero-order valence-electron chi connectivity index (χ0n) is 14.4. The standard InChI is InChI=1S/C19H27NO3/c1-13(2)19(22)20-16-12-15(9-10-18(16)23-3)17(21)11-14-7-5-4-6-8-14/h9-10,12-14H,4-8,11H2,1-3H3,(H,20,22). The Morgan fingerprint density at radius 1 is 1.22 bits per heavy atom. The Balaban J connectivity index is 2.12. The van der Waals surface area contributed by atoms with Crippen LogP contribution in [0.25, 0.3) is 0 Å². The molecular weight excluding hydrogens is 290 g/mol. The van der Waals surface area contributed by atoms with E-state index in [1.54, 1.807) is 25.3 Å². The molecule has 0 aromatic heterocycles. The van der Waals surface area contributed by atoms with Gasteiger partial charge in [0.2, 0.25) is 5.91 Å². The fourth-order valence-electron chi connectivity index (χ4n) is 3.03. The van der Waals surface area contributed by atoms with Crippen molar-refractivity contribution < 1.29 is 14.3 Å². The Hall–Kier alpha value is -1.84. The Kier molecular flexibility index (Phi) is 6.20. The number of carbonyl (C=O) groups is 2. The van der Waals surface area contributed by atoms with Gasteiger partial charge in [0.1, 0.15) is 5.75 Å². The number of methoxy groups -OCH3 is 1. The Morgan fingerprint density at radius 2 is 1.91 bits per heavy atom. The van der Waals surface area contributed by atoms with Gasteiger partial charge in [-0.3, -0.25) is 9.59 Å². The zero-order valence-corrected chi connectivity index (χ0v) is 14.4. The Morgan fingerprint density at radius 3 is 2.52 bits per heavy atom. The molecule has 0 spiro atoms. The van der Waals surface area contributed by atoms with Gasteiger partial charge >= 0.3 is 0 Å². The molecule has 0 saturated heterocycles. The van der Waals surface area contributed by atoms with Gasteiger partial charge in [-0.25, -0.2) is 0 Å². The van der Waals surface area contributed by atoms with Gasteiger partial charge < -0.3 is 10.1 Å². The van der Waals surface area contributed by atoms with Gasteiger partial charge in [0.05, 0.1) is 12.8 Å². The number of carbonyl (C=O) groups excluding carboxylic acids is 2. The first-order valence-electron chi connectivity index (χ1n) is 8.53. The van der Waals surface area contributed by atoms with Crippen molar-refractivity contribution in [2.75, 3.05) is 12.4 Å². The van der Waals surface area contributed by atoms with E-state index in [9.17, 15) is 9.59 Å². The fourth-order valence-corrected chi connectivity index (χ4v) is 3.03. The number of benzene rings is 1. The lowest BCUT2D eigenvalue weighted by Gasteiger charge is -2.21. The molecule has 1 aromatic carbocycles. The van der Waals surface area contributed by atoms with E-state index < -0.39 is 0 Å². The average Bonchev–Trinajstić information content (AvgIpc) is 2.55. The molecule has 4 heteroatoms. The average molecular weight is 317 g/mol. The second-order valence-electron chi connectivity index (χ2n) is 6.69. The second-order valence-corrected chi connectivity index (χ2v) is 6.69. The molecule has 2 rings (SSSR count). The van der Waals surface area contributed by atoms with Crippen molar-refractivity contribution in [3.63, 3.8) is 0 Å². The summed E-state index contributed by atoms with van der Waals surface area (Å²) in [7, 11) is 1.56. The van der Waals surface area contributed by atoms with Crippen LogP contribution in [0, 0.1) is 11.8 Å². The highest BCUT2D eigenvalue weighted by atomic mass is 16.5. The topological polar surface area (TPSA) is 55.4 Å². The molecule has 0 unspecified atom stereocenters. The monoisotopic (exact) mass is 317 g/mol. The van der Waals surface area contributed by atoms with Gasteiger partial charge in [-0.1, -0.05) is 46.0 Å². The third-order valence-corrected chi connectivity index (χ3v) is 4.50. The summed E-state index contributed by atoms with van der Waals surface area (Å²) >= 11 is 0. The van der Waals surface area contributed by atoms with Crippen LogP contribution >= 0.6 is 0 Å². The van der Waals surface area contributed by atoms with E-state index in [2.05, 4.69) is 5.32 Å². The lowest BCUT2D eigenvalue weighted by atomic mass is 9.85. The van der Waals surface area contributed by atoms with Crippen LogP contribution in [0.2, 0.25) is 0 Å². The van der Waals surface area contributed by atoms with E-state index >= 15 is 0 Å². The molecule has 1 N–H and O–H groups in total. The maximum absolute atomic E-state index is 12.5. The number of anilines is 1. The van der Waals surface area contributed by atoms with Crippen LogP contribution in [0.15, 0.2) is 18.2 Å². The van der Waals surface area contributed by atoms with E-state index in [1.807, 2.05) is 13.8 Å². The first-order chi connectivity index (χ1) is 11.0. The van der Waals surface area contributed by atoms with E-state index in [1.165, 1.54) is 19.3 Å². The predicted molar refractivity (Wildman–Crippen MR) is 92.0 cm³/mol. The van der Waals surface area contributed by atoms with E-state index in [-0.39, 0.29) is 17.6 Å². The summed E-state index contributed by atoms with van der Waals surface area (Å²) in [6, 6.07) is 5.28. The molecule has 0 bridgehead atoms. The van der Waals surface area contributed by atoms with Crippen LogP contribution in [0.3, 0.4) is 0 Å². The number of hydrogen-bond donors (Lipinski definition) is 1. The van der Waals surface area contributed by atoms with Gasteiger partial charge in [0.15, 0.2) is 5.78 Å². The molecule has 1 fully saturated rings. The Bertz CT molecular complexity index is 560. The minimum Gasteiger partial charge on any atom is -0.495 e. The highest BCUT2D eigenvalue weighted by Gasteiger charge is 2.19. The SMILES string of the molecule is COc1ccc(C(=O)CC2CCCCC2)cc1NC(=O)C(C)C. The van der Waals surface area contributed by atoms with E-state index in [0.717, 1.165) is 12.8 Å². The molecule has 1 amide bonds. The summed E-state index contributed by atoms with van der Waals surface area (Å²) < 4.78 is 5.28. The van der Waals surface area contributed by atoms with Crippen molar-refractivity contribution in [2.45, 2.75) is 52.4 Å². The van der Waals surface area contributed by atoms with Crippen molar-refractivity contribution in [2.24, 2.45) is 11.8 Å². The fraction of sp³-hybridized carbons (Fsp3) is 0.579. The molecule has 1 saturated carbocycles. The summed E-state index contributed by atoms with van der Waals surface area (Å²) in [5.74, 6) is 1.03. The number of rotatable bonds is 6. The number of hydrogen-bond acceptors (Lipinski definition) is 3. The molecule has 0 heterocycles. The van der Waals surface area contributed by atoms with Crippen molar-refractivity contribution in [3.8, 4) is 5.75 Å². The number of Topliss-reactive ketones (excluding diaryl/α,β-unsaturated/α-hetero) is 1. The van der Waals surface area contributed by atoms with Gasteiger partial charge in [-0.2, -0.15) is 0 Å². The first-order valence-corrected chi connectivity index (χ1v) is 8.53. The van der Waals surface area contributed by atoms with Gasteiger partial charge in [0, 0.05) is 17.9 Å². The summed E-state index contributed by atoms with van der Waals surface area (Å²) in [5, 5.41) is 2.84. The predicted octanol–water partition coefficient (Wildman–Crippen LogP) is 4.44. The second kappa shape index (κ2) is 8.14. The van der Waals surface area contributed by atoms with Gasteiger partial charge in [0.25, 0.3) is 0 Å². The van der Waals surface area contributed by atoms with Crippen molar-refractivity contribution in [3.05, 3.63) is 23.8 Å². The third-order valence-electron chi connectivity index (χ3n) is 4.50.